The lowest BCUT2D eigenvalue weighted by Crippen LogP contribution is -2.36. The number of fused-ring (bicyclic) bond motifs is 2. The molecule has 2 fully saturated rings. The van der Waals surface area contributed by atoms with Gasteiger partial charge in [0.2, 0.25) is 5.95 Å². The van der Waals surface area contributed by atoms with Gasteiger partial charge in [-0.1, -0.05) is 42.3 Å². The molecule has 2 aliphatic rings. The van der Waals surface area contributed by atoms with Crippen LogP contribution in [-0.2, 0) is 23.4 Å². The molecule has 5 atom stereocenters. The first-order valence-electron chi connectivity index (χ1n) is 14.9. The van der Waals surface area contributed by atoms with Gasteiger partial charge < -0.3 is 25.0 Å². The summed E-state index contributed by atoms with van der Waals surface area (Å²) in [5.41, 5.74) is 7.09. The SMILES string of the molecule is C#C[C@H]1C[C@@H](COP(=O)(N[C@H](C)C(=O)OC(C)C)Oc2cccc3ccccc23)O[C@H]1n1cnc2c(NC3CC3)nc(N)nc21. The van der Waals surface area contributed by atoms with Crippen LogP contribution in [0.3, 0.4) is 0 Å². The molecule has 45 heavy (non-hydrogen) atoms. The second kappa shape index (κ2) is 12.7. The Kier molecular flexibility index (Phi) is 8.66. The average Bonchev–Trinajstić information content (AvgIpc) is 3.56. The predicted octanol–water partition coefficient (Wildman–Crippen LogP) is 4.81. The van der Waals surface area contributed by atoms with Crippen LogP contribution in [0.25, 0.3) is 21.9 Å². The zero-order valence-corrected chi connectivity index (χ0v) is 26.1. The molecule has 1 aliphatic carbocycles. The highest BCUT2D eigenvalue weighted by atomic mass is 31.2. The van der Waals surface area contributed by atoms with Gasteiger partial charge in [0.05, 0.1) is 31.1 Å². The fourth-order valence-corrected chi connectivity index (χ4v) is 6.75. The van der Waals surface area contributed by atoms with Gasteiger partial charge in [-0.15, -0.1) is 6.42 Å². The molecule has 0 radical (unpaired) electrons. The number of nitrogens with zero attached hydrogens (tertiary/aromatic N) is 4. The molecule has 2 aromatic carbocycles. The Morgan fingerprint density at radius 3 is 2.73 bits per heavy atom. The monoisotopic (exact) mass is 633 g/mol. The summed E-state index contributed by atoms with van der Waals surface area (Å²) < 4.78 is 39.7. The fourth-order valence-electron chi connectivity index (χ4n) is 5.21. The zero-order chi connectivity index (χ0) is 31.7. The normalized spacial score (nSPS) is 21.8. The highest BCUT2D eigenvalue weighted by Gasteiger charge is 2.40. The molecule has 13 nitrogen and oxygen atoms in total. The number of ether oxygens (including phenoxy) is 2. The van der Waals surface area contributed by atoms with E-state index in [4.69, 9.17) is 30.7 Å². The van der Waals surface area contributed by atoms with E-state index in [-0.39, 0.29) is 24.6 Å². The topological polar surface area (TPSA) is 165 Å². The van der Waals surface area contributed by atoms with E-state index in [1.165, 1.54) is 6.92 Å². The number of carbonyl (C=O) groups excluding carboxylic acids is 1. The number of nitrogen functional groups attached to an aromatic ring is 1. The van der Waals surface area contributed by atoms with Crippen molar-refractivity contribution in [2.45, 2.75) is 70.6 Å². The fraction of sp³-hybridized carbons (Fsp3) is 0.419. The number of rotatable bonds is 12. The van der Waals surface area contributed by atoms with E-state index in [9.17, 15) is 9.36 Å². The van der Waals surface area contributed by atoms with Gasteiger partial charge >= 0.3 is 13.7 Å². The van der Waals surface area contributed by atoms with E-state index in [1.54, 1.807) is 36.9 Å². The molecule has 6 rings (SSSR count). The van der Waals surface area contributed by atoms with Crippen LogP contribution in [-0.4, -0.2) is 56.4 Å². The average molecular weight is 634 g/mol. The number of imidazole rings is 1. The number of esters is 1. The number of benzene rings is 2. The van der Waals surface area contributed by atoms with E-state index >= 15 is 0 Å². The summed E-state index contributed by atoms with van der Waals surface area (Å²) in [7, 11) is -4.17. The first-order valence-corrected chi connectivity index (χ1v) is 16.4. The van der Waals surface area contributed by atoms with Gasteiger partial charge in [0.1, 0.15) is 11.8 Å². The number of terminal acetylenes is 1. The number of carbonyl (C=O) groups is 1. The Bertz CT molecular complexity index is 1800. The van der Waals surface area contributed by atoms with Crippen LogP contribution in [0.1, 0.15) is 46.3 Å². The standard InChI is InChI=1S/C31H36N7O6P/c1-5-20-15-23(43-29(20)38-17-33-26-27(34-22-13-14-22)35-31(32)36-28(26)38)16-41-45(40,37-19(4)30(39)42-18(2)3)44-25-12-8-10-21-9-6-7-11-24(21)25/h1,6-12,17-20,22-23,29H,13-16H2,2-4H3,(H,37,40)(H3,32,34,35,36)/t19-,20+,23+,29-,45?/m1/s1. The number of anilines is 2. The Hall–Kier alpha value is -4.21. The Morgan fingerprint density at radius 2 is 1.98 bits per heavy atom. The first-order chi connectivity index (χ1) is 21.6. The van der Waals surface area contributed by atoms with Crippen LogP contribution in [0.4, 0.5) is 11.8 Å². The summed E-state index contributed by atoms with van der Waals surface area (Å²) >= 11 is 0. The highest BCUT2D eigenvalue weighted by molar-refractivity contribution is 7.52. The van der Waals surface area contributed by atoms with Crippen molar-refractivity contribution in [1.29, 1.82) is 0 Å². The van der Waals surface area contributed by atoms with Gasteiger partial charge in [0.25, 0.3) is 0 Å². The molecule has 14 heteroatoms. The second-order valence-corrected chi connectivity index (χ2v) is 13.2. The maximum atomic E-state index is 14.3. The van der Waals surface area contributed by atoms with E-state index in [0.29, 0.717) is 35.2 Å². The largest absolute Gasteiger partial charge is 0.462 e. The van der Waals surface area contributed by atoms with Crippen molar-refractivity contribution in [3.63, 3.8) is 0 Å². The molecule has 3 heterocycles. The second-order valence-electron chi connectivity index (χ2n) is 11.5. The van der Waals surface area contributed by atoms with Crippen LogP contribution < -0.4 is 20.7 Å². The van der Waals surface area contributed by atoms with Crippen molar-refractivity contribution in [3.8, 4) is 18.1 Å². The Morgan fingerprint density at radius 1 is 1.20 bits per heavy atom. The highest BCUT2D eigenvalue weighted by Crippen LogP contribution is 2.48. The van der Waals surface area contributed by atoms with Crippen molar-refractivity contribution < 1.29 is 27.9 Å². The van der Waals surface area contributed by atoms with E-state index in [0.717, 1.165) is 23.6 Å². The molecule has 0 bridgehead atoms. The third kappa shape index (κ3) is 6.89. The van der Waals surface area contributed by atoms with Gasteiger partial charge in [-0.25, -0.2) is 9.55 Å². The molecular weight excluding hydrogens is 597 g/mol. The summed E-state index contributed by atoms with van der Waals surface area (Å²) in [6.45, 7) is 4.86. The van der Waals surface area contributed by atoms with E-state index < -0.39 is 32.1 Å². The molecule has 2 aromatic heterocycles. The minimum Gasteiger partial charge on any atom is -0.462 e. The first kappa shape index (κ1) is 30.8. The van der Waals surface area contributed by atoms with E-state index in [1.807, 2.05) is 30.3 Å². The lowest BCUT2D eigenvalue weighted by Gasteiger charge is -2.25. The zero-order valence-electron chi connectivity index (χ0n) is 25.3. The summed E-state index contributed by atoms with van der Waals surface area (Å²) in [6, 6.07) is 12.3. The predicted molar refractivity (Wildman–Crippen MR) is 169 cm³/mol. The molecule has 4 N–H and O–H groups in total. The van der Waals surface area contributed by atoms with Gasteiger partial charge in [-0.2, -0.15) is 15.1 Å². The number of nitrogens with one attached hydrogen (secondary N) is 2. The van der Waals surface area contributed by atoms with Crippen LogP contribution in [0.15, 0.2) is 48.8 Å². The molecule has 1 aliphatic heterocycles. The van der Waals surface area contributed by atoms with Gasteiger partial charge in [-0.3, -0.25) is 13.9 Å². The van der Waals surface area contributed by atoms with Crippen molar-refractivity contribution in [2.75, 3.05) is 17.7 Å². The maximum Gasteiger partial charge on any atom is 0.459 e. The van der Waals surface area contributed by atoms with Crippen LogP contribution in [0, 0.1) is 18.3 Å². The molecule has 1 unspecified atom stereocenters. The van der Waals surface area contributed by atoms with Crippen LogP contribution >= 0.6 is 7.75 Å². The van der Waals surface area contributed by atoms with Crippen molar-refractivity contribution >= 4 is 47.4 Å². The van der Waals surface area contributed by atoms with Crippen molar-refractivity contribution in [2.24, 2.45) is 5.92 Å². The molecule has 4 aromatic rings. The minimum atomic E-state index is -4.17. The van der Waals surface area contributed by atoms with Crippen molar-refractivity contribution in [1.82, 2.24) is 24.6 Å². The number of hydrogen-bond acceptors (Lipinski definition) is 11. The van der Waals surface area contributed by atoms with Gasteiger partial charge in [-0.05, 0) is 51.5 Å². The lowest BCUT2D eigenvalue weighted by atomic mass is 10.0. The van der Waals surface area contributed by atoms with Gasteiger partial charge in [0, 0.05) is 11.4 Å². The Labute approximate surface area is 260 Å². The number of aromatic nitrogens is 4. The smallest absolute Gasteiger partial charge is 0.459 e. The molecule has 236 valence electrons. The van der Waals surface area contributed by atoms with Crippen LogP contribution in [0.2, 0.25) is 0 Å². The third-order valence-corrected chi connectivity index (χ3v) is 9.12. The third-order valence-electron chi connectivity index (χ3n) is 7.49. The molecular formula is C31H36N7O6P. The lowest BCUT2D eigenvalue weighted by molar-refractivity contribution is -0.149. The van der Waals surface area contributed by atoms with E-state index in [2.05, 4.69) is 31.3 Å². The molecule has 0 spiro atoms. The summed E-state index contributed by atoms with van der Waals surface area (Å²) in [5, 5.41) is 7.71. The molecule has 0 amide bonds. The summed E-state index contributed by atoms with van der Waals surface area (Å²) in [4.78, 5) is 25.9. The Balaban J connectivity index is 1.22. The number of nitrogens with two attached hydrogens (primary N) is 1. The number of hydrogen-bond donors (Lipinski definition) is 3. The molecule has 1 saturated heterocycles. The summed E-state index contributed by atoms with van der Waals surface area (Å²) in [5.74, 6) is 2.82. The van der Waals surface area contributed by atoms with Crippen LogP contribution in [0.5, 0.6) is 5.75 Å². The quantitative estimate of drug-likeness (QED) is 0.111. The van der Waals surface area contributed by atoms with Gasteiger partial charge in [0.15, 0.2) is 23.2 Å². The van der Waals surface area contributed by atoms with Crippen molar-refractivity contribution in [3.05, 3.63) is 48.8 Å². The maximum absolute atomic E-state index is 14.3. The molecule has 1 saturated carbocycles. The minimum absolute atomic E-state index is 0.102. The summed E-state index contributed by atoms with van der Waals surface area (Å²) in [6.07, 6.45) is 8.48.